The lowest BCUT2D eigenvalue weighted by atomic mass is 9.66. The maximum atomic E-state index is 13.1. The van der Waals surface area contributed by atoms with Gasteiger partial charge in [-0.25, -0.2) is 4.39 Å². The van der Waals surface area contributed by atoms with Crippen molar-refractivity contribution in [3.8, 4) is 6.07 Å². The molecule has 0 unspecified atom stereocenters. The highest BCUT2D eigenvalue weighted by Crippen LogP contribution is 2.43. The Kier molecular flexibility index (Phi) is 3.82. The van der Waals surface area contributed by atoms with Gasteiger partial charge in [0.05, 0.1) is 5.56 Å². The third kappa shape index (κ3) is 2.91. The van der Waals surface area contributed by atoms with Crippen LogP contribution in [0.25, 0.3) is 0 Å². The first-order valence-corrected chi connectivity index (χ1v) is 6.28. The number of nitrogens with one attached hydrogen (secondary N) is 1. The van der Waals surface area contributed by atoms with Crippen LogP contribution in [0.3, 0.4) is 0 Å². The molecule has 1 saturated carbocycles. The SMILES string of the molecule is N#Cc1cc(NC(=O)CC2(CN)CCC2)ccc1F. The summed E-state index contributed by atoms with van der Waals surface area (Å²) in [7, 11) is 0. The fourth-order valence-corrected chi connectivity index (χ4v) is 2.36. The number of benzene rings is 1. The van der Waals surface area contributed by atoms with Gasteiger partial charge in [-0.2, -0.15) is 5.26 Å². The second-order valence-electron chi connectivity index (χ2n) is 5.09. The first kappa shape index (κ1) is 13.5. The van der Waals surface area contributed by atoms with E-state index in [9.17, 15) is 9.18 Å². The summed E-state index contributed by atoms with van der Waals surface area (Å²) in [5.74, 6) is -0.724. The lowest BCUT2D eigenvalue weighted by molar-refractivity contribution is -0.119. The zero-order valence-corrected chi connectivity index (χ0v) is 10.6. The minimum Gasteiger partial charge on any atom is -0.330 e. The van der Waals surface area contributed by atoms with Gasteiger partial charge in [-0.05, 0) is 43.0 Å². The molecule has 1 aromatic carbocycles. The van der Waals surface area contributed by atoms with Gasteiger partial charge in [0.1, 0.15) is 11.9 Å². The summed E-state index contributed by atoms with van der Waals surface area (Å²) in [5.41, 5.74) is 6.00. The number of hydrogen-bond donors (Lipinski definition) is 2. The third-order valence-electron chi connectivity index (χ3n) is 3.75. The van der Waals surface area contributed by atoms with E-state index in [0.29, 0.717) is 18.7 Å². The van der Waals surface area contributed by atoms with Crippen LogP contribution in [0.2, 0.25) is 0 Å². The van der Waals surface area contributed by atoms with Gasteiger partial charge in [0.15, 0.2) is 0 Å². The molecule has 1 amide bonds. The van der Waals surface area contributed by atoms with Crippen LogP contribution in [0.4, 0.5) is 10.1 Å². The number of rotatable bonds is 4. The Balaban J connectivity index is 2.01. The fraction of sp³-hybridized carbons (Fsp3) is 0.429. The Morgan fingerprint density at radius 1 is 1.53 bits per heavy atom. The van der Waals surface area contributed by atoms with E-state index in [1.807, 2.05) is 0 Å². The fourth-order valence-electron chi connectivity index (χ4n) is 2.36. The number of nitrogens with two attached hydrogens (primary N) is 1. The monoisotopic (exact) mass is 261 g/mol. The maximum absolute atomic E-state index is 13.1. The normalized spacial score (nSPS) is 16.3. The molecule has 5 heteroatoms. The van der Waals surface area contributed by atoms with Crippen molar-refractivity contribution < 1.29 is 9.18 Å². The van der Waals surface area contributed by atoms with Crippen LogP contribution in [-0.2, 0) is 4.79 Å². The molecule has 19 heavy (non-hydrogen) atoms. The summed E-state index contributed by atoms with van der Waals surface area (Å²) >= 11 is 0. The van der Waals surface area contributed by atoms with Crippen LogP contribution in [0, 0.1) is 22.6 Å². The van der Waals surface area contributed by atoms with Crippen molar-refractivity contribution >= 4 is 11.6 Å². The lowest BCUT2D eigenvalue weighted by Crippen LogP contribution is -2.40. The average Bonchev–Trinajstić information content (AvgIpc) is 2.36. The average molecular weight is 261 g/mol. The quantitative estimate of drug-likeness (QED) is 0.871. The molecule has 0 saturated heterocycles. The van der Waals surface area contributed by atoms with E-state index in [1.54, 1.807) is 6.07 Å². The molecule has 0 aliphatic heterocycles. The largest absolute Gasteiger partial charge is 0.330 e. The highest BCUT2D eigenvalue weighted by Gasteiger charge is 2.37. The van der Waals surface area contributed by atoms with Gasteiger partial charge < -0.3 is 11.1 Å². The Bertz CT molecular complexity index is 526. The molecule has 3 N–H and O–H groups in total. The van der Waals surface area contributed by atoms with Crippen LogP contribution in [0.15, 0.2) is 18.2 Å². The first-order chi connectivity index (χ1) is 9.08. The number of anilines is 1. The van der Waals surface area contributed by atoms with Crippen LogP contribution >= 0.6 is 0 Å². The van der Waals surface area contributed by atoms with E-state index in [2.05, 4.69) is 5.32 Å². The van der Waals surface area contributed by atoms with Gasteiger partial charge in [-0.15, -0.1) is 0 Å². The van der Waals surface area contributed by atoms with Crippen LogP contribution < -0.4 is 11.1 Å². The second-order valence-corrected chi connectivity index (χ2v) is 5.09. The number of halogens is 1. The van der Waals surface area contributed by atoms with E-state index in [1.165, 1.54) is 18.2 Å². The minimum absolute atomic E-state index is 0.0673. The van der Waals surface area contributed by atoms with Crippen molar-refractivity contribution in [1.82, 2.24) is 0 Å². The molecular formula is C14H16FN3O. The molecule has 1 aromatic rings. The number of carbonyl (C=O) groups excluding carboxylic acids is 1. The molecule has 1 aliphatic rings. The lowest BCUT2D eigenvalue weighted by Gasteiger charge is -2.40. The predicted octanol–water partition coefficient (Wildman–Crippen LogP) is 2.15. The van der Waals surface area contributed by atoms with Crippen LogP contribution in [0.5, 0.6) is 0 Å². The molecule has 0 radical (unpaired) electrons. The van der Waals surface area contributed by atoms with Crippen LogP contribution in [0.1, 0.15) is 31.2 Å². The number of nitrogens with zero attached hydrogens (tertiary/aromatic N) is 1. The Morgan fingerprint density at radius 2 is 2.26 bits per heavy atom. The van der Waals surface area contributed by atoms with Crippen molar-refractivity contribution in [3.63, 3.8) is 0 Å². The summed E-state index contributed by atoms with van der Waals surface area (Å²) < 4.78 is 13.1. The highest BCUT2D eigenvalue weighted by atomic mass is 19.1. The van der Waals surface area contributed by atoms with E-state index >= 15 is 0 Å². The van der Waals surface area contributed by atoms with E-state index < -0.39 is 5.82 Å². The molecule has 0 atom stereocenters. The van der Waals surface area contributed by atoms with Gasteiger partial charge in [-0.1, -0.05) is 6.42 Å². The highest BCUT2D eigenvalue weighted by molar-refractivity contribution is 5.91. The minimum atomic E-state index is -0.585. The third-order valence-corrected chi connectivity index (χ3v) is 3.75. The van der Waals surface area contributed by atoms with E-state index in [0.717, 1.165) is 19.3 Å². The van der Waals surface area contributed by atoms with Crippen molar-refractivity contribution in [3.05, 3.63) is 29.6 Å². The van der Waals surface area contributed by atoms with Crippen molar-refractivity contribution in [1.29, 1.82) is 5.26 Å². The molecule has 0 spiro atoms. The number of hydrogen-bond acceptors (Lipinski definition) is 3. The zero-order valence-electron chi connectivity index (χ0n) is 10.6. The van der Waals surface area contributed by atoms with E-state index in [-0.39, 0.29) is 16.9 Å². The van der Waals surface area contributed by atoms with Gasteiger partial charge in [0.25, 0.3) is 0 Å². The van der Waals surface area contributed by atoms with Crippen molar-refractivity contribution in [2.24, 2.45) is 11.1 Å². The molecule has 0 aromatic heterocycles. The topological polar surface area (TPSA) is 78.9 Å². The molecule has 1 fully saturated rings. The Morgan fingerprint density at radius 3 is 2.79 bits per heavy atom. The zero-order chi connectivity index (χ0) is 13.9. The summed E-state index contributed by atoms with van der Waals surface area (Å²) in [6, 6.07) is 5.71. The number of nitriles is 1. The molecule has 0 heterocycles. The van der Waals surface area contributed by atoms with Crippen molar-refractivity contribution in [2.75, 3.05) is 11.9 Å². The maximum Gasteiger partial charge on any atom is 0.224 e. The molecule has 0 bridgehead atoms. The van der Waals surface area contributed by atoms with E-state index in [4.69, 9.17) is 11.0 Å². The number of amides is 1. The molecule has 4 nitrogen and oxygen atoms in total. The molecular weight excluding hydrogens is 245 g/mol. The second kappa shape index (κ2) is 5.37. The predicted molar refractivity (Wildman–Crippen MR) is 69.7 cm³/mol. The van der Waals surface area contributed by atoms with Crippen molar-refractivity contribution in [2.45, 2.75) is 25.7 Å². The summed E-state index contributed by atoms with van der Waals surface area (Å²) in [6.07, 6.45) is 3.44. The molecule has 2 rings (SSSR count). The summed E-state index contributed by atoms with van der Waals surface area (Å²) in [5, 5.41) is 11.4. The van der Waals surface area contributed by atoms with Gasteiger partial charge in [-0.3, -0.25) is 4.79 Å². The van der Waals surface area contributed by atoms with Crippen LogP contribution in [-0.4, -0.2) is 12.5 Å². The Hall–Kier alpha value is -1.93. The first-order valence-electron chi connectivity index (χ1n) is 6.28. The Labute approximate surface area is 111 Å². The van der Waals surface area contributed by atoms with Gasteiger partial charge in [0, 0.05) is 12.1 Å². The molecule has 1 aliphatic carbocycles. The number of carbonyl (C=O) groups is 1. The summed E-state index contributed by atoms with van der Waals surface area (Å²) in [4.78, 5) is 11.9. The smallest absolute Gasteiger partial charge is 0.224 e. The standard InChI is InChI=1S/C14H16FN3O/c15-12-3-2-11(6-10(12)8-16)18-13(19)7-14(9-17)4-1-5-14/h2-3,6H,1,4-5,7,9,17H2,(H,18,19). The summed E-state index contributed by atoms with van der Waals surface area (Å²) in [6.45, 7) is 0.507. The molecule has 100 valence electrons. The van der Waals surface area contributed by atoms with Gasteiger partial charge in [0.2, 0.25) is 5.91 Å². The van der Waals surface area contributed by atoms with Gasteiger partial charge >= 0.3 is 0 Å².